The molecule has 6 heteroatoms. The van der Waals surface area contributed by atoms with Gasteiger partial charge >= 0.3 is 0 Å². The van der Waals surface area contributed by atoms with Gasteiger partial charge in [-0.3, -0.25) is 9.59 Å². The summed E-state index contributed by atoms with van der Waals surface area (Å²) in [6, 6.07) is 22.3. The summed E-state index contributed by atoms with van der Waals surface area (Å²) in [5.41, 5.74) is 3.31. The average Bonchev–Trinajstić information content (AvgIpc) is 3.31. The normalized spacial score (nSPS) is 12.5. The van der Waals surface area contributed by atoms with E-state index in [-0.39, 0.29) is 17.2 Å². The summed E-state index contributed by atoms with van der Waals surface area (Å²) in [5.74, 6) is 0.476. The Morgan fingerprint density at radius 2 is 1.69 bits per heavy atom. The molecule has 160 valence electrons. The fourth-order valence-corrected chi connectivity index (χ4v) is 4.16. The molecule has 0 fully saturated rings. The van der Waals surface area contributed by atoms with Crippen LogP contribution in [0.2, 0.25) is 0 Å². The van der Waals surface area contributed by atoms with E-state index in [9.17, 15) is 9.59 Å². The molecule has 6 nitrogen and oxygen atoms in total. The van der Waals surface area contributed by atoms with Crippen LogP contribution in [0, 0.1) is 0 Å². The molecule has 0 saturated heterocycles. The summed E-state index contributed by atoms with van der Waals surface area (Å²) >= 11 is 0. The molecule has 1 N–H and O–H groups in total. The maximum absolute atomic E-state index is 13.0. The Hall–Kier alpha value is -3.93. The number of nitrogens with zero attached hydrogens (tertiary/aromatic N) is 2. The maximum Gasteiger partial charge on any atom is 0.279 e. The quantitative estimate of drug-likeness (QED) is 0.478. The van der Waals surface area contributed by atoms with Crippen LogP contribution >= 0.6 is 0 Å². The lowest BCUT2D eigenvalue weighted by Gasteiger charge is -2.12. The van der Waals surface area contributed by atoms with Gasteiger partial charge in [-0.1, -0.05) is 42.5 Å². The molecule has 0 unspecified atom stereocenters. The molecule has 5 rings (SSSR count). The molecule has 32 heavy (non-hydrogen) atoms. The summed E-state index contributed by atoms with van der Waals surface area (Å²) in [6.07, 6.45) is 3.43. The van der Waals surface area contributed by atoms with Crippen molar-refractivity contribution in [2.24, 2.45) is 0 Å². The van der Waals surface area contributed by atoms with Crippen molar-refractivity contribution in [3.63, 3.8) is 0 Å². The monoisotopic (exact) mass is 425 g/mol. The lowest BCUT2D eigenvalue weighted by atomic mass is 10.1. The highest BCUT2D eigenvalue weighted by atomic mass is 16.5. The van der Waals surface area contributed by atoms with Crippen molar-refractivity contribution in [3.05, 3.63) is 100.0 Å². The molecule has 0 radical (unpaired) electrons. The van der Waals surface area contributed by atoms with Crippen molar-refractivity contribution in [2.75, 3.05) is 13.2 Å². The molecule has 4 aromatic rings. The molecule has 1 aliphatic carbocycles. The smallest absolute Gasteiger partial charge is 0.279 e. The average molecular weight is 425 g/mol. The fourth-order valence-electron chi connectivity index (χ4n) is 4.16. The molecule has 0 atom stereocenters. The summed E-state index contributed by atoms with van der Waals surface area (Å²) < 4.78 is 7.10. The largest absolute Gasteiger partial charge is 0.492 e. The van der Waals surface area contributed by atoms with Crippen LogP contribution in [0.4, 0.5) is 0 Å². The number of hydrogen-bond acceptors (Lipinski definition) is 4. The second-order valence-corrected chi connectivity index (χ2v) is 7.84. The SMILES string of the molecule is O=C(NCCOc1ccc2c(c1)CCC2)c1nn(-c2ccccc2)c(=O)c2ccccc12. The zero-order valence-electron chi connectivity index (χ0n) is 17.6. The first-order valence-electron chi connectivity index (χ1n) is 10.8. The number of aromatic nitrogens is 2. The molecule has 1 aromatic heterocycles. The van der Waals surface area contributed by atoms with Crippen LogP contribution in [0.15, 0.2) is 77.6 Å². The van der Waals surface area contributed by atoms with Crippen LogP contribution in [-0.2, 0) is 12.8 Å². The van der Waals surface area contributed by atoms with Gasteiger partial charge in [-0.05, 0) is 60.7 Å². The number of carbonyl (C=O) groups excluding carboxylic acids is 1. The topological polar surface area (TPSA) is 73.2 Å². The highest BCUT2D eigenvalue weighted by Crippen LogP contribution is 2.26. The molecular formula is C26H23N3O3. The van der Waals surface area contributed by atoms with E-state index >= 15 is 0 Å². The minimum Gasteiger partial charge on any atom is -0.492 e. The second-order valence-electron chi connectivity index (χ2n) is 7.84. The molecular weight excluding hydrogens is 402 g/mol. The first kappa shape index (κ1) is 20.0. The number of hydrogen-bond donors (Lipinski definition) is 1. The first-order valence-corrected chi connectivity index (χ1v) is 10.8. The van der Waals surface area contributed by atoms with Crippen molar-refractivity contribution >= 4 is 16.7 Å². The standard InChI is InChI=1S/C26H23N3O3/c30-25(27-15-16-32-21-14-13-18-7-6-8-19(18)17-21)24-22-11-4-5-12-23(22)26(31)29(28-24)20-9-2-1-3-10-20/h1-5,9-14,17H,6-8,15-16H2,(H,27,30). The Morgan fingerprint density at radius 3 is 2.53 bits per heavy atom. The lowest BCUT2D eigenvalue weighted by molar-refractivity contribution is 0.0942. The molecule has 0 spiro atoms. The van der Waals surface area contributed by atoms with Crippen molar-refractivity contribution in [1.29, 1.82) is 0 Å². The second kappa shape index (κ2) is 8.67. The lowest BCUT2D eigenvalue weighted by Crippen LogP contribution is -2.32. The number of aryl methyl sites for hydroxylation is 2. The van der Waals surface area contributed by atoms with Gasteiger partial charge in [-0.15, -0.1) is 0 Å². The minimum atomic E-state index is -0.344. The van der Waals surface area contributed by atoms with E-state index < -0.39 is 0 Å². The van der Waals surface area contributed by atoms with Crippen LogP contribution in [0.25, 0.3) is 16.5 Å². The van der Waals surface area contributed by atoms with Crippen LogP contribution < -0.4 is 15.6 Å². The van der Waals surface area contributed by atoms with Gasteiger partial charge in [0.1, 0.15) is 12.4 Å². The van der Waals surface area contributed by atoms with Crippen LogP contribution in [0.5, 0.6) is 5.75 Å². The van der Waals surface area contributed by atoms with Gasteiger partial charge in [0.15, 0.2) is 5.69 Å². The Balaban J connectivity index is 1.34. The summed E-state index contributed by atoms with van der Waals surface area (Å²) in [5, 5.41) is 8.25. The molecule has 1 heterocycles. The minimum absolute atomic E-state index is 0.210. The maximum atomic E-state index is 13.0. The predicted octanol–water partition coefficient (Wildman–Crippen LogP) is 3.68. The van der Waals surface area contributed by atoms with Gasteiger partial charge in [-0.25, -0.2) is 0 Å². The van der Waals surface area contributed by atoms with Gasteiger partial charge < -0.3 is 10.1 Å². The highest BCUT2D eigenvalue weighted by Gasteiger charge is 2.17. The summed E-state index contributed by atoms with van der Waals surface area (Å²) in [4.78, 5) is 25.9. The van der Waals surface area contributed by atoms with Gasteiger partial charge in [0, 0.05) is 5.39 Å². The predicted molar refractivity (Wildman–Crippen MR) is 124 cm³/mol. The Labute approximate surface area is 185 Å². The number of rotatable bonds is 6. The summed E-state index contributed by atoms with van der Waals surface area (Å²) in [7, 11) is 0. The van der Waals surface area contributed by atoms with Crippen molar-refractivity contribution in [3.8, 4) is 11.4 Å². The Morgan fingerprint density at radius 1 is 0.938 bits per heavy atom. The Kier molecular flexibility index (Phi) is 5.42. The zero-order chi connectivity index (χ0) is 21.9. The molecule has 1 aliphatic rings. The third kappa shape index (κ3) is 3.87. The fraction of sp³-hybridized carbons (Fsp3) is 0.192. The van der Waals surface area contributed by atoms with Crippen molar-refractivity contribution in [1.82, 2.24) is 15.1 Å². The number of fused-ring (bicyclic) bond motifs is 2. The van der Waals surface area contributed by atoms with Gasteiger partial charge in [0.25, 0.3) is 11.5 Å². The number of ether oxygens (including phenoxy) is 1. The first-order chi connectivity index (χ1) is 15.7. The number of nitrogens with one attached hydrogen (secondary N) is 1. The van der Waals surface area contributed by atoms with E-state index in [4.69, 9.17) is 4.74 Å². The van der Waals surface area contributed by atoms with Gasteiger partial charge in [0.05, 0.1) is 17.6 Å². The van der Waals surface area contributed by atoms with Crippen LogP contribution in [0.3, 0.4) is 0 Å². The number of benzene rings is 3. The van der Waals surface area contributed by atoms with Gasteiger partial charge in [0.2, 0.25) is 0 Å². The van der Waals surface area contributed by atoms with Crippen LogP contribution in [0.1, 0.15) is 28.0 Å². The third-order valence-electron chi connectivity index (χ3n) is 5.75. The third-order valence-corrected chi connectivity index (χ3v) is 5.75. The van der Waals surface area contributed by atoms with E-state index in [1.165, 1.54) is 22.2 Å². The van der Waals surface area contributed by atoms with E-state index in [1.807, 2.05) is 24.3 Å². The van der Waals surface area contributed by atoms with Gasteiger partial charge in [-0.2, -0.15) is 9.78 Å². The van der Waals surface area contributed by atoms with Crippen LogP contribution in [-0.4, -0.2) is 28.8 Å². The number of amides is 1. The molecule has 0 aliphatic heterocycles. The van der Waals surface area contributed by atoms with E-state index in [0.29, 0.717) is 29.6 Å². The highest BCUT2D eigenvalue weighted by molar-refractivity contribution is 6.04. The Bertz CT molecular complexity index is 1350. The number of carbonyl (C=O) groups is 1. The zero-order valence-corrected chi connectivity index (χ0v) is 17.6. The van der Waals surface area contributed by atoms with E-state index in [2.05, 4.69) is 22.5 Å². The number of para-hydroxylation sites is 1. The molecule has 1 amide bonds. The molecule has 0 saturated carbocycles. The van der Waals surface area contributed by atoms with Crippen molar-refractivity contribution in [2.45, 2.75) is 19.3 Å². The van der Waals surface area contributed by atoms with E-state index in [0.717, 1.165) is 18.6 Å². The summed E-state index contributed by atoms with van der Waals surface area (Å²) in [6.45, 7) is 0.678. The van der Waals surface area contributed by atoms with E-state index in [1.54, 1.807) is 36.4 Å². The van der Waals surface area contributed by atoms with Crippen molar-refractivity contribution < 1.29 is 9.53 Å². The molecule has 3 aromatic carbocycles. The molecule has 0 bridgehead atoms.